The number of hydrogen-bond donors (Lipinski definition) is 0. The van der Waals surface area contributed by atoms with Gasteiger partial charge in [0.05, 0.1) is 15.5 Å². The number of aromatic nitrogens is 1. The van der Waals surface area contributed by atoms with Crippen molar-refractivity contribution in [3.8, 4) is 21.7 Å². The minimum Gasteiger partial charge on any atom is -0.229 e. The largest absolute Gasteiger partial charge is 0.229 e. The van der Waals surface area contributed by atoms with Gasteiger partial charge < -0.3 is 0 Å². The number of benzene rings is 3. The van der Waals surface area contributed by atoms with Crippen molar-refractivity contribution < 1.29 is 12.8 Å². The molecule has 8 heteroatoms. The van der Waals surface area contributed by atoms with Crippen LogP contribution in [0.3, 0.4) is 0 Å². The fourth-order valence-corrected chi connectivity index (χ4v) is 6.33. The van der Waals surface area contributed by atoms with E-state index in [0.717, 1.165) is 30.6 Å². The summed E-state index contributed by atoms with van der Waals surface area (Å²) in [5.74, 6) is 0.410. The molecular weight excluding hydrogens is 517 g/mol. The van der Waals surface area contributed by atoms with Gasteiger partial charge in [0.15, 0.2) is 14.2 Å². The van der Waals surface area contributed by atoms with Gasteiger partial charge in [-0.25, -0.2) is 17.8 Å². The van der Waals surface area contributed by atoms with Crippen molar-refractivity contribution in [2.75, 3.05) is 6.26 Å². The van der Waals surface area contributed by atoms with E-state index in [1.54, 1.807) is 48.2 Å². The summed E-state index contributed by atoms with van der Waals surface area (Å²) in [4.78, 5) is 5.84. The van der Waals surface area contributed by atoms with Crippen LogP contribution in [0, 0.1) is 5.82 Å². The molecule has 1 heterocycles. The van der Waals surface area contributed by atoms with Gasteiger partial charge in [0, 0.05) is 22.0 Å². The van der Waals surface area contributed by atoms with E-state index >= 15 is 0 Å². The normalized spacial score (nSPS) is 11.6. The third-order valence-electron chi connectivity index (χ3n) is 4.53. The molecule has 0 aliphatic heterocycles. The van der Waals surface area contributed by atoms with Gasteiger partial charge in [-0.1, -0.05) is 70.2 Å². The summed E-state index contributed by atoms with van der Waals surface area (Å²) in [7, 11) is -3.44. The molecule has 0 aliphatic rings. The minimum atomic E-state index is -3.44. The maximum absolute atomic E-state index is 13.5. The lowest BCUT2D eigenvalue weighted by atomic mass is 10.1. The van der Waals surface area contributed by atoms with Crippen LogP contribution in [-0.4, -0.2) is 19.7 Å². The van der Waals surface area contributed by atoms with Gasteiger partial charge in [0.25, 0.3) is 0 Å². The van der Waals surface area contributed by atoms with Crippen molar-refractivity contribution in [3.05, 3.63) is 88.6 Å². The molecule has 0 saturated carbocycles. The maximum atomic E-state index is 13.5. The molecule has 3 nitrogen and oxygen atoms in total. The molecule has 158 valence electrons. The highest BCUT2D eigenvalue weighted by molar-refractivity contribution is 9.10. The van der Waals surface area contributed by atoms with Crippen LogP contribution in [0.4, 0.5) is 4.39 Å². The molecule has 31 heavy (non-hydrogen) atoms. The van der Waals surface area contributed by atoms with E-state index in [1.807, 2.05) is 24.3 Å². The van der Waals surface area contributed by atoms with Crippen LogP contribution < -0.4 is 0 Å². The molecule has 0 saturated heterocycles. The molecule has 0 fully saturated rings. The number of halogens is 2. The van der Waals surface area contributed by atoms with Crippen molar-refractivity contribution in [2.24, 2.45) is 0 Å². The molecule has 1 aromatic heterocycles. The number of rotatable bonds is 6. The Hall–Kier alpha value is -2.00. The Morgan fingerprint density at radius 1 is 1.00 bits per heavy atom. The summed E-state index contributed by atoms with van der Waals surface area (Å²) in [6, 6.07) is 21.1. The van der Waals surface area contributed by atoms with Gasteiger partial charge in [-0.3, -0.25) is 0 Å². The first kappa shape index (κ1) is 22.2. The molecule has 4 rings (SSSR count). The Kier molecular flexibility index (Phi) is 6.62. The average Bonchev–Trinajstić information content (AvgIpc) is 3.17. The van der Waals surface area contributed by atoms with Crippen LogP contribution in [0.1, 0.15) is 5.56 Å². The quantitative estimate of drug-likeness (QED) is 0.248. The highest BCUT2D eigenvalue weighted by Crippen LogP contribution is 2.42. The first-order valence-electron chi connectivity index (χ1n) is 9.25. The average molecular weight is 534 g/mol. The minimum absolute atomic E-state index is 0.230. The van der Waals surface area contributed by atoms with E-state index in [0.29, 0.717) is 11.3 Å². The Morgan fingerprint density at radius 3 is 2.35 bits per heavy atom. The van der Waals surface area contributed by atoms with Crippen LogP contribution in [0.15, 0.2) is 86.5 Å². The lowest BCUT2D eigenvalue weighted by Gasteiger charge is -2.08. The molecule has 0 amide bonds. The van der Waals surface area contributed by atoms with Crippen molar-refractivity contribution in [2.45, 2.75) is 15.0 Å². The van der Waals surface area contributed by atoms with Crippen LogP contribution in [-0.2, 0) is 15.6 Å². The van der Waals surface area contributed by atoms with Gasteiger partial charge in [0.2, 0.25) is 0 Å². The number of thioether (sulfide) groups is 1. The zero-order chi connectivity index (χ0) is 22.0. The van der Waals surface area contributed by atoms with Crippen LogP contribution in [0.2, 0.25) is 0 Å². The maximum Gasteiger partial charge on any atom is 0.176 e. The standard InChI is InChI=1S/C23H17BrFNO2S3/c1-31(27,28)20-5-3-2-4-19(20)21-22(16-8-12-18(25)13-9-16)30-23(26-21)29-14-15-6-10-17(24)11-7-15/h2-13H,14H2,1H3. The van der Waals surface area contributed by atoms with Gasteiger partial charge in [0.1, 0.15) is 5.82 Å². The lowest BCUT2D eigenvalue weighted by Crippen LogP contribution is -2.00. The van der Waals surface area contributed by atoms with E-state index in [-0.39, 0.29) is 10.7 Å². The second-order valence-corrected chi connectivity index (χ2v) is 12.0. The first-order valence-corrected chi connectivity index (χ1v) is 13.7. The first-order chi connectivity index (χ1) is 14.8. The summed E-state index contributed by atoms with van der Waals surface area (Å²) < 4.78 is 40.1. The van der Waals surface area contributed by atoms with Crippen molar-refractivity contribution in [1.82, 2.24) is 4.98 Å². The molecule has 4 aromatic rings. The van der Waals surface area contributed by atoms with Gasteiger partial charge in [-0.15, -0.1) is 11.3 Å². The fraction of sp³-hybridized carbons (Fsp3) is 0.0870. The summed E-state index contributed by atoms with van der Waals surface area (Å²) in [5.41, 5.74) is 3.10. The molecule has 0 N–H and O–H groups in total. The molecule has 0 spiro atoms. The Labute approximate surface area is 197 Å². The molecule has 0 atom stereocenters. The monoisotopic (exact) mass is 533 g/mol. The third-order valence-corrected chi connectivity index (χ3v) is 8.53. The van der Waals surface area contributed by atoms with E-state index in [1.165, 1.54) is 29.7 Å². The molecule has 0 unspecified atom stereocenters. The van der Waals surface area contributed by atoms with Crippen molar-refractivity contribution >= 4 is 48.9 Å². The highest BCUT2D eigenvalue weighted by Gasteiger charge is 2.21. The second-order valence-electron chi connectivity index (χ2n) is 6.85. The SMILES string of the molecule is CS(=O)(=O)c1ccccc1-c1nc(SCc2ccc(Br)cc2)sc1-c1ccc(F)cc1. The van der Waals surface area contributed by atoms with E-state index in [9.17, 15) is 12.8 Å². The molecule has 3 aromatic carbocycles. The molecule has 0 bridgehead atoms. The van der Waals surface area contributed by atoms with Crippen molar-refractivity contribution in [1.29, 1.82) is 0 Å². The molecular formula is C23H17BrFNO2S3. The number of thiazole rings is 1. The Balaban J connectivity index is 1.78. The highest BCUT2D eigenvalue weighted by atomic mass is 79.9. The smallest absolute Gasteiger partial charge is 0.176 e. The van der Waals surface area contributed by atoms with Gasteiger partial charge in [-0.05, 0) is 41.5 Å². The second kappa shape index (κ2) is 9.24. The van der Waals surface area contributed by atoms with Crippen molar-refractivity contribution in [3.63, 3.8) is 0 Å². The summed E-state index contributed by atoms with van der Waals surface area (Å²) in [6.07, 6.45) is 1.19. The van der Waals surface area contributed by atoms with Crippen LogP contribution >= 0.6 is 39.0 Å². The summed E-state index contributed by atoms with van der Waals surface area (Å²) in [6.45, 7) is 0. The molecule has 0 aliphatic carbocycles. The number of sulfone groups is 1. The fourth-order valence-electron chi connectivity index (χ4n) is 3.05. The Bertz CT molecular complexity index is 1320. The van der Waals surface area contributed by atoms with Gasteiger partial charge >= 0.3 is 0 Å². The predicted octanol–water partition coefficient (Wildman–Crippen LogP) is 7.07. The number of hydrogen-bond acceptors (Lipinski definition) is 5. The van der Waals surface area contributed by atoms with Gasteiger partial charge in [-0.2, -0.15) is 0 Å². The zero-order valence-electron chi connectivity index (χ0n) is 16.4. The van der Waals surface area contributed by atoms with Crippen LogP contribution in [0.25, 0.3) is 21.7 Å². The van der Waals surface area contributed by atoms with E-state index in [4.69, 9.17) is 4.98 Å². The predicted molar refractivity (Wildman–Crippen MR) is 130 cm³/mol. The topological polar surface area (TPSA) is 47.0 Å². The third kappa shape index (κ3) is 5.26. The van der Waals surface area contributed by atoms with E-state index < -0.39 is 9.84 Å². The zero-order valence-corrected chi connectivity index (χ0v) is 20.4. The lowest BCUT2D eigenvalue weighted by molar-refractivity contribution is 0.602. The van der Waals surface area contributed by atoms with Crippen LogP contribution in [0.5, 0.6) is 0 Å². The van der Waals surface area contributed by atoms with E-state index in [2.05, 4.69) is 15.9 Å². The number of nitrogens with zero attached hydrogens (tertiary/aromatic N) is 1. The Morgan fingerprint density at radius 2 is 1.68 bits per heavy atom. The summed E-state index contributed by atoms with van der Waals surface area (Å²) >= 11 is 6.51. The summed E-state index contributed by atoms with van der Waals surface area (Å²) in [5, 5.41) is 0. The molecule has 0 radical (unpaired) electrons.